The average molecular weight is 325 g/mol. The maximum absolute atomic E-state index is 12.0. The monoisotopic (exact) mass is 324 g/mol. The number of anilines is 1. The Morgan fingerprint density at radius 3 is 3.00 bits per heavy atom. The Bertz CT molecular complexity index is 597. The smallest absolute Gasteiger partial charge is 0.337 e. The number of amides is 1. The first-order valence-corrected chi connectivity index (χ1v) is 6.52. The number of ether oxygens (including phenoxy) is 1. The van der Waals surface area contributed by atoms with Gasteiger partial charge in [-0.2, -0.15) is 4.98 Å². The minimum absolute atomic E-state index is 0.211. The highest BCUT2D eigenvalue weighted by atomic mass is 79.9. The van der Waals surface area contributed by atoms with Crippen LogP contribution in [0.2, 0.25) is 0 Å². The van der Waals surface area contributed by atoms with Gasteiger partial charge in [0.1, 0.15) is 0 Å². The minimum atomic E-state index is -0.264. The molecule has 100 valence electrons. The maximum atomic E-state index is 12.0. The molecule has 0 aliphatic carbocycles. The molecule has 1 heterocycles. The van der Waals surface area contributed by atoms with Gasteiger partial charge in [0.25, 0.3) is 5.91 Å². The molecule has 0 aliphatic rings. The number of benzene rings is 1. The molecule has 7 heteroatoms. The number of carbonyl (C=O) groups excluding carboxylic acids is 1. The van der Waals surface area contributed by atoms with Gasteiger partial charge in [0.15, 0.2) is 0 Å². The molecule has 0 bridgehead atoms. The lowest BCUT2D eigenvalue weighted by molar-refractivity contribution is 0.102. The number of hydrogen-bond acceptors (Lipinski definition) is 4. The summed E-state index contributed by atoms with van der Waals surface area (Å²) in [6.07, 6.45) is 0. The van der Waals surface area contributed by atoms with Crippen molar-refractivity contribution in [1.29, 1.82) is 0 Å². The van der Waals surface area contributed by atoms with Gasteiger partial charge in [-0.05, 0) is 31.5 Å². The molecule has 0 spiro atoms. The summed E-state index contributed by atoms with van der Waals surface area (Å²) in [7, 11) is 0. The Balaban J connectivity index is 2.09. The van der Waals surface area contributed by atoms with Crippen molar-refractivity contribution in [3.8, 4) is 6.01 Å². The zero-order valence-corrected chi connectivity index (χ0v) is 12.1. The van der Waals surface area contributed by atoms with Crippen molar-refractivity contribution < 1.29 is 9.53 Å². The lowest BCUT2D eigenvalue weighted by Crippen LogP contribution is -2.13. The molecule has 0 saturated carbocycles. The summed E-state index contributed by atoms with van der Waals surface area (Å²) in [5, 5.41) is 9.00. The van der Waals surface area contributed by atoms with E-state index in [0.717, 1.165) is 10.0 Å². The number of aromatic nitrogens is 3. The Hall–Kier alpha value is -1.89. The van der Waals surface area contributed by atoms with Gasteiger partial charge in [-0.1, -0.05) is 22.0 Å². The second-order valence-electron chi connectivity index (χ2n) is 3.82. The summed E-state index contributed by atoms with van der Waals surface area (Å²) < 4.78 is 5.98. The van der Waals surface area contributed by atoms with Crippen molar-refractivity contribution in [2.24, 2.45) is 0 Å². The Morgan fingerprint density at radius 1 is 1.53 bits per heavy atom. The van der Waals surface area contributed by atoms with Crippen molar-refractivity contribution in [2.75, 3.05) is 11.9 Å². The SMILES string of the molecule is CCOc1n[nH]c(NC(=O)c2ccc(C)c(Br)c2)n1. The standard InChI is InChI=1S/C12H13BrN4O2/c1-3-19-12-15-11(16-17-12)14-10(18)8-5-4-7(2)9(13)6-8/h4-6H,3H2,1-2H3,(H2,14,15,16,17,18). The molecule has 19 heavy (non-hydrogen) atoms. The molecule has 2 rings (SSSR count). The zero-order valence-electron chi connectivity index (χ0n) is 10.5. The van der Waals surface area contributed by atoms with E-state index in [0.29, 0.717) is 12.2 Å². The van der Waals surface area contributed by atoms with E-state index in [1.54, 1.807) is 12.1 Å². The second kappa shape index (κ2) is 5.83. The topological polar surface area (TPSA) is 79.9 Å². The van der Waals surface area contributed by atoms with Gasteiger partial charge in [0.05, 0.1) is 6.61 Å². The normalized spacial score (nSPS) is 10.3. The lowest BCUT2D eigenvalue weighted by Gasteiger charge is -2.03. The van der Waals surface area contributed by atoms with E-state index in [9.17, 15) is 4.79 Å². The molecular formula is C12H13BrN4O2. The number of aromatic amines is 1. The molecule has 0 unspecified atom stereocenters. The van der Waals surface area contributed by atoms with Crippen LogP contribution in [-0.2, 0) is 0 Å². The predicted octanol–water partition coefficient (Wildman–Crippen LogP) is 2.53. The fourth-order valence-corrected chi connectivity index (χ4v) is 1.79. The molecule has 1 amide bonds. The fraction of sp³-hybridized carbons (Fsp3) is 0.250. The molecule has 1 aromatic carbocycles. The van der Waals surface area contributed by atoms with Crippen LogP contribution in [0.3, 0.4) is 0 Å². The summed E-state index contributed by atoms with van der Waals surface area (Å²) in [5.74, 6) is -0.00922. The quantitative estimate of drug-likeness (QED) is 0.905. The van der Waals surface area contributed by atoms with Crippen LogP contribution in [-0.4, -0.2) is 27.7 Å². The molecule has 0 saturated heterocycles. The van der Waals surface area contributed by atoms with Gasteiger partial charge in [-0.15, -0.1) is 5.10 Å². The van der Waals surface area contributed by atoms with Gasteiger partial charge >= 0.3 is 6.01 Å². The third kappa shape index (κ3) is 3.31. The molecular weight excluding hydrogens is 312 g/mol. The second-order valence-corrected chi connectivity index (χ2v) is 4.67. The van der Waals surface area contributed by atoms with Gasteiger partial charge in [0, 0.05) is 10.0 Å². The fourth-order valence-electron chi connectivity index (χ4n) is 1.41. The van der Waals surface area contributed by atoms with E-state index in [2.05, 4.69) is 36.4 Å². The van der Waals surface area contributed by atoms with Crippen molar-refractivity contribution >= 4 is 27.8 Å². The highest BCUT2D eigenvalue weighted by Crippen LogP contribution is 2.18. The molecule has 1 aromatic heterocycles. The average Bonchev–Trinajstić information content (AvgIpc) is 2.80. The largest absolute Gasteiger partial charge is 0.463 e. The van der Waals surface area contributed by atoms with Crippen molar-refractivity contribution in [2.45, 2.75) is 13.8 Å². The van der Waals surface area contributed by atoms with Gasteiger partial charge in [-0.25, -0.2) is 5.10 Å². The lowest BCUT2D eigenvalue weighted by atomic mass is 10.1. The van der Waals surface area contributed by atoms with Crippen LogP contribution in [0.5, 0.6) is 6.01 Å². The summed E-state index contributed by atoms with van der Waals surface area (Å²) in [6.45, 7) is 4.26. The van der Waals surface area contributed by atoms with Gasteiger partial charge < -0.3 is 4.74 Å². The minimum Gasteiger partial charge on any atom is -0.463 e. The first kappa shape index (κ1) is 13.5. The van der Waals surface area contributed by atoms with Crippen LogP contribution in [0.4, 0.5) is 5.95 Å². The summed E-state index contributed by atoms with van der Waals surface area (Å²) in [5.41, 5.74) is 1.60. The summed E-state index contributed by atoms with van der Waals surface area (Å²) >= 11 is 3.39. The van der Waals surface area contributed by atoms with E-state index in [1.165, 1.54) is 0 Å². The van der Waals surface area contributed by atoms with Crippen LogP contribution in [0.25, 0.3) is 0 Å². The molecule has 0 radical (unpaired) electrons. The number of aryl methyl sites for hydroxylation is 1. The van der Waals surface area contributed by atoms with Crippen molar-refractivity contribution in [1.82, 2.24) is 15.2 Å². The molecule has 0 aliphatic heterocycles. The summed E-state index contributed by atoms with van der Waals surface area (Å²) in [4.78, 5) is 16.0. The van der Waals surface area contributed by atoms with Crippen LogP contribution >= 0.6 is 15.9 Å². The molecule has 6 nitrogen and oxygen atoms in total. The van der Waals surface area contributed by atoms with Crippen molar-refractivity contribution in [3.05, 3.63) is 33.8 Å². The molecule has 0 fully saturated rings. The van der Waals surface area contributed by atoms with E-state index in [4.69, 9.17) is 4.74 Å². The first-order valence-electron chi connectivity index (χ1n) is 5.73. The van der Waals surface area contributed by atoms with Gasteiger partial charge in [0.2, 0.25) is 5.95 Å². The van der Waals surface area contributed by atoms with E-state index in [1.807, 2.05) is 19.9 Å². The third-order valence-electron chi connectivity index (χ3n) is 2.40. The Morgan fingerprint density at radius 2 is 2.32 bits per heavy atom. The third-order valence-corrected chi connectivity index (χ3v) is 3.26. The zero-order chi connectivity index (χ0) is 13.8. The maximum Gasteiger partial charge on any atom is 0.337 e. The highest BCUT2D eigenvalue weighted by molar-refractivity contribution is 9.10. The van der Waals surface area contributed by atoms with E-state index in [-0.39, 0.29) is 17.9 Å². The van der Waals surface area contributed by atoms with Crippen molar-refractivity contribution in [3.63, 3.8) is 0 Å². The van der Waals surface area contributed by atoms with Gasteiger partial charge in [-0.3, -0.25) is 10.1 Å². The molecule has 2 N–H and O–H groups in total. The number of nitrogens with one attached hydrogen (secondary N) is 2. The first-order chi connectivity index (χ1) is 9.10. The van der Waals surface area contributed by atoms with E-state index >= 15 is 0 Å². The van der Waals surface area contributed by atoms with Crippen LogP contribution in [0.1, 0.15) is 22.8 Å². The number of carbonyl (C=O) groups is 1. The molecule has 2 aromatic rings. The number of H-pyrrole nitrogens is 1. The Labute approximate surface area is 118 Å². The predicted molar refractivity (Wildman–Crippen MR) is 74.4 cm³/mol. The number of rotatable bonds is 4. The number of halogens is 1. The van der Waals surface area contributed by atoms with Crippen LogP contribution in [0.15, 0.2) is 22.7 Å². The summed E-state index contributed by atoms with van der Waals surface area (Å²) in [6, 6.07) is 5.58. The Kier molecular flexibility index (Phi) is 4.16. The number of nitrogens with zero attached hydrogens (tertiary/aromatic N) is 2. The molecule has 0 atom stereocenters. The van der Waals surface area contributed by atoms with Crippen LogP contribution in [0, 0.1) is 6.92 Å². The van der Waals surface area contributed by atoms with Crippen LogP contribution < -0.4 is 10.1 Å². The number of hydrogen-bond donors (Lipinski definition) is 2. The highest BCUT2D eigenvalue weighted by Gasteiger charge is 2.10. The van der Waals surface area contributed by atoms with E-state index < -0.39 is 0 Å².